The van der Waals surface area contributed by atoms with Gasteiger partial charge in [-0.05, 0) is 18.9 Å². The van der Waals surface area contributed by atoms with Crippen LogP contribution in [0.3, 0.4) is 0 Å². The van der Waals surface area contributed by atoms with Crippen molar-refractivity contribution in [2.24, 2.45) is 0 Å². The van der Waals surface area contributed by atoms with Gasteiger partial charge in [-0.1, -0.05) is 24.4 Å². The third-order valence-corrected chi connectivity index (χ3v) is 3.38. The number of pyridine rings is 1. The summed E-state index contributed by atoms with van der Waals surface area (Å²) in [6.07, 6.45) is 6.15. The number of hydrogen-bond donors (Lipinski definition) is 1. The summed E-state index contributed by atoms with van der Waals surface area (Å²) in [4.78, 5) is 17.3. The van der Waals surface area contributed by atoms with Crippen molar-refractivity contribution in [3.8, 4) is 0 Å². The summed E-state index contributed by atoms with van der Waals surface area (Å²) in [6, 6.07) is 1.44. The van der Waals surface area contributed by atoms with E-state index >= 15 is 0 Å². The van der Waals surface area contributed by atoms with E-state index in [4.69, 9.17) is 16.7 Å². The molecule has 1 aliphatic rings. The maximum atomic E-state index is 11.0. The molecule has 0 saturated carbocycles. The molecular formula is C12H15ClN2O2. The SMILES string of the molecule is O=C(O)c1ccnc(N2CCCCCC2)c1Cl. The van der Waals surface area contributed by atoms with E-state index in [1.807, 2.05) is 0 Å². The predicted octanol–water partition coefficient (Wildman–Crippen LogP) is 2.81. The Morgan fingerprint density at radius 1 is 1.29 bits per heavy atom. The molecule has 0 radical (unpaired) electrons. The van der Waals surface area contributed by atoms with Gasteiger partial charge in [0.2, 0.25) is 0 Å². The molecule has 92 valence electrons. The second kappa shape index (κ2) is 5.36. The van der Waals surface area contributed by atoms with Crippen molar-refractivity contribution in [1.82, 2.24) is 4.98 Å². The maximum absolute atomic E-state index is 11.0. The summed E-state index contributed by atoms with van der Waals surface area (Å²) in [5.41, 5.74) is 0.126. The normalized spacial score (nSPS) is 16.6. The minimum atomic E-state index is -1.01. The highest BCUT2D eigenvalue weighted by atomic mass is 35.5. The second-order valence-electron chi connectivity index (χ2n) is 4.20. The standard InChI is InChI=1S/C12H15ClN2O2/c13-10-9(12(16)17)5-6-14-11(10)15-7-3-1-2-4-8-15/h5-6H,1-4,7-8H2,(H,16,17). The fraction of sp³-hybridized carbons (Fsp3) is 0.500. The zero-order valence-corrected chi connectivity index (χ0v) is 10.3. The van der Waals surface area contributed by atoms with Crippen LogP contribution >= 0.6 is 11.6 Å². The van der Waals surface area contributed by atoms with Gasteiger partial charge in [-0.3, -0.25) is 0 Å². The summed E-state index contributed by atoms with van der Waals surface area (Å²) in [6.45, 7) is 1.80. The molecule has 1 fully saturated rings. The molecule has 2 rings (SSSR count). The molecule has 1 aromatic heterocycles. The number of hydrogen-bond acceptors (Lipinski definition) is 3. The number of nitrogens with zero attached hydrogens (tertiary/aromatic N) is 2. The van der Waals surface area contributed by atoms with E-state index in [0.717, 1.165) is 25.9 Å². The molecule has 0 amide bonds. The Kier molecular flexibility index (Phi) is 3.84. The Hall–Kier alpha value is -1.29. The lowest BCUT2D eigenvalue weighted by Gasteiger charge is -2.22. The summed E-state index contributed by atoms with van der Waals surface area (Å²) in [7, 11) is 0. The molecular weight excluding hydrogens is 240 g/mol. The van der Waals surface area contributed by atoms with E-state index in [2.05, 4.69) is 9.88 Å². The van der Waals surface area contributed by atoms with Crippen molar-refractivity contribution in [2.75, 3.05) is 18.0 Å². The molecule has 1 aliphatic heterocycles. The molecule has 0 unspecified atom stereocenters. The molecule has 0 spiro atoms. The number of aromatic nitrogens is 1. The average molecular weight is 255 g/mol. The first-order valence-corrected chi connectivity index (χ1v) is 6.20. The Labute approximate surface area is 105 Å². The fourth-order valence-electron chi connectivity index (χ4n) is 2.10. The van der Waals surface area contributed by atoms with Crippen molar-refractivity contribution in [3.05, 3.63) is 22.8 Å². The van der Waals surface area contributed by atoms with E-state index in [9.17, 15) is 4.79 Å². The number of carbonyl (C=O) groups is 1. The van der Waals surface area contributed by atoms with Gasteiger partial charge in [0.05, 0.1) is 10.6 Å². The number of carboxylic acid groups (broad SMARTS) is 1. The lowest BCUT2D eigenvalue weighted by atomic mass is 10.2. The summed E-state index contributed by atoms with van der Waals surface area (Å²) in [5, 5.41) is 9.27. The average Bonchev–Trinajstić information content (AvgIpc) is 2.57. The third kappa shape index (κ3) is 2.69. The van der Waals surface area contributed by atoms with Gasteiger partial charge in [0, 0.05) is 19.3 Å². The third-order valence-electron chi connectivity index (χ3n) is 3.01. The molecule has 4 nitrogen and oxygen atoms in total. The topological polar surface area (TPSA) is 53.4 Å². The lowest BCUT2D eigenvalue weighted by Crippen LogP contribution is -2.25. The molecule has 0 aliphatic carbocycles. The monoisotopic (exact) mass is 254 g/mol. The minimum Gasteiger partial charge on any atom is -0.478 e. The van der Waals surface area contributed by atoms with Crippen LogP contribution in [-0.4, -0.2) is 29.1 Å². The van der Waals surface area contributed by atoms with Crippen LogP contribution < -0.4 is 4.90 Å². The first kappa shape index (κ1) is 12.2. The summed E-state index contributed by atoms with van der Waals surface area (Å²) in [5.74, 6) is -0.401. The fourth-order valence-corrected chi connectivity index (χ4v) is 2.41. The van der Waals surface area contributed by atoms with Gasteiger partial charge in [0.25, 0.3) is 0 Å². The Morgan fingerprint density at radius 2 is 1.94 bits per heavy atom. The lowest BCUT2D eigenvalue weighted by molar-refractivity contribution is 0.0697. The largest absolute Gasteiger partial charge is 0.478 e. The van der Waals surface area contributed by atoms with Crippen molar-refractivity contribution in [1.29, 1.82) is 0 Å². The van der Waals surface area contributed by atoms with Crippen LogP contribution in [0.25, 0.3) is 0 Å². The molecule has 1 saturated heterocycles. The van der Waals surface area contributed by atoms with Crippen LogP contribution in [-0.2, 0) is 0 Å². The quantitative estimate of drug-likeness (QED) is 0.882. The van der Waals surface area contributed by atoms with E-state index in [1.54, 1.807) is 0 Å². The van der Waals surface area contributed by atoms with E-state index in [1.165, 1.54) is 25.1 Å². The van der Waals surface area contributed by atoms with Crippen LogP contribution in [0.4, 0.5) is 5.82 Å². The highest BCUT2D eigenvalue weighted by Crippen LogP contribution is 2.28. The Balaban J connectivity index is 2.30. The van der Waals surface area contributed by atoms with Gasteiger partial charge < -0.3 is 10.0 Å². The molecule has 0 atom stereocenters. The molecule has 5 heteroatoms. The molecule has 17 heavy (non-hydrogen) atoms. The van der Waals surface area contributed by atoms with E-state index in [0.29, 0.717) is 5.82 Å². The molecule has 0 aromatic carbocycles. The van der Waals surface area contributed by atoms with Crippen LogP contribution in [0, 0.1) is 0 Å². The van der Waals surface area contributed by atoms with Gasteiger partial charge in [-0.15, -0.1) is 0 Å². The van der Waals surface area contributed by atoms with E-state index in [-0.39, 0.29) is 10.6 Å². The van der Waals surface area contributed by atoms with Crippen molar-refractivity contribution >= 4 is 23.4 Å². The Morgan fingerprint density at radius 3 is 2.53 bits per heavy atom. The summed E-state index contributed by atoms with van der Waals surface area (Å²) >= 11 is 6.11. The smallest absolute Gasteiger partial charge is 0.337 e. The Bertz CT molecular complexity index is 415. The zero-order chi connectivity index (χ0) is 12.3. The first-order valence-electron chi connectivity index (χ1n) is 5.83. The minimum absolute atomic E-state index is 0.126. The number of anilines is 1. The zero-order valence-electron chi connectivity index (χ0n) is 9.53. The van der Waals surface area contributed by atoms with Gasteiger partial charge in [0.15, 0.2) is 0 Å². The maximum Gasteiger partial charge on any atom is 0.337 e. The summed E-state index contributed by atoms with van der Waals surface area (Å²) < 4.78 is 0. The van der Waals surface area contributed by atoms with Crippen LogP contribution in [0.5, 0.6) is 0 Å². The van der Waals surface area contributed by atoms with Crippen LogP contribution in [0.15, 0.2) is 12.3 Å². The number of rotatable bonds is 2. The van der Waals surface area contributed by atoms with Crippen LogP contribution in [0.2, 0.25) is 5.02 Å². The predicted molar refractivity (Wildman–Crippen MR) is 66.9 cm³/mol. The number of halogens is 1. The van der Waals surface area contributed by atoms with Gasteiger partial charge in [-0.25, -0.2) is 9.78 Å². The molecule has 2 heterocycles. The van der Waals surface area contributed by atoms with Crippen molar-refractivity contribution in [3.63, 3.8) is 0 Å². The van der Waals surface area contributed by atoms with Gasteiger partial charge in [-0.2, -0.15) is 0 Å². The highest BCUT2D eigenvalue weighted by molar-refractivity contribution is 6.35. The molecule has 1 N–H and O–H groups in total. The van der Waals surface area contributed by atoms with Gasteiger partial charge in [0.1, 0.15) is 5.82 Å². The molecule has 0 bridgehead atoms. The van der Waals surface area contributed by atoms with Crippen molar-refractivity contribution < 1.29 is 9.90 Å². The number of aromatic carboxylic acids is 1. The molecule has 1 aromatic rings. The van der Waals surface area contributed by atoms with Crippen molar-refractivity contribution in [2.45, 2.75) is 25.7 Å². The van der Waals surface area contributed by atoms with Gasteiger partial charge >= 0.3 is 5.97 Å². The first-order chi connectivity index (χ1) is 8.20. The van der Waals surface area contributed by atoms with Crippen LogP contribution in [0.1, 0.15) is 36.0 Å². The number of carboxylic acids is 1. The highest BCUT2D eigenvalue weighted by Gasteiger charge is 2.18. The van der Waals surface area contributed by atoms with E-state index < -0.39 is 5.97 Å². The second-order valence-corrected chi connectivity index (χ2v) is 4.58.